The molecule has 0 bridgehead atoms. The smallest absolute Gasteiger partial charge is 0.338 e. The van der Waals surface area contributed by atoms with Gasteiger partial charge in [-0.2, -0.15) is 0 Å². The lowest BCUT2D eigenvalue weighted by Gasteiger charge is -2.04. The van der Waals surface area contributed by atoms with E-state index in [0.29, 0.717) is 29.8 Å². The molecule has 0 aliphatic carbocycles. The molecule has 0 spiro atoms. The van der Waals surface area contributed by atoms with Crippen molar-refractivity contribution in [1.29, 1.82) is 0 Å². The first-order valence-electron chi connectivity index (χ1n) is 7.38. The molecule has 0 aromatic heterocycles. The third kappa shape index (κ3) is 4.30. The number of esters is 1. The number of phenolic OH excluding ortho intramolecular Hbond substituents is 1. The van der Waals surface area contributed by atoms with Gasteiger partial charge in [0.1, 0.15) is 5.75 Å². The molecule has 0 aliphatic heterocycles. The zero-order valence-electron chi connectivity index (χ0n) is 13.0. The van der Waals surface area contributed by atoms with Gasteiger partial charge in [0.05, 0.1) is 17.9 Å². The number of allylic oxidation sites excluding steroid dienone is 1. The number of para-hydroxylation sites is 1. The highest BCUT2D eigenvalue weighted by Crippen LogP contribution is 2.22. The Morgan fingerprint density at radius 3 is 2.65 bits per heavy atom. The van der Waals surface area contributed by atoms with Gasteiger partial charge in [-0.05, 0) is 49.2 Å². The Labute approximate surface area is 135 Å². The summed E-state index contributed by atoms with van der Waals surface area (Å²) in [6.07, 6.45) is 3.94. The molecule has 0 atom stereocenters. The summed E-state index contributed by atoms with van der Waals surface area (Å²) in [6, 6.07) is 12.3. The molecular weight excluding hydrogens is 290 g/mol. The third-order valence-corrected chi connectivity index (χ3v) is 3.25. The minimum absolute atomic E-state index is 0.208. The van der Waals surface area contributed by atoms with Crippen LogP contribution >= 0.6 is 0 Å². The minimum atomic E-state index is -0.349. The van der Waals surface area contributed by atoms with Crippen molar-refractivity contribution in [3.63, 3.8) is 0 Å². The molecule has 1 N–H and O–H groups in total. The van der Waals surface area contributed by atoms with Crippen molar-refractivity contribution >= 4 is 17.9 Å². The average Bonchev–Trinajstić information content (AvgIpc) is 2.56. The maximum Gasteiger partial charge on any atom is 0.338 e. The van der Waals surface area contributed by atoms with E-state index < -0.39 is 0 Å². The third-order valence-electron chi connectivity index (χ3n) is 3.25. The molecule has 0 unspecified atom stereocenters. The number of rotatable bonds is 6. The lowest BCUT2D eigenvalue weighted by molar-refractivity contribution is 0.0526. The Bertz CT molecular complexity index is 718. The van der Waals surface area contributed by atoms with Crippen LogP contribution in [-0.4, -0.2) is 23.9 Å². The molecule has 23 heavy (non-hydrogen) atoms. The topological polar surface area (TPSA) is 58.9 Å². The van der Waals surface area contributed by atoms with E-state index in [2.05, 4.69) is 11.6 Å². The van der Waals surface area contributed by atoms with Gasteiger partial charge >= 0.3 is 5.97 Å². The summed E-state index contributed by atoms with van der Waals surface area (Å²) >= 11 is 0. The van der Waals surface area contributed by atoms with Crippen molar-refractivity contribution in [3.8, 4) is 5.75 Å². The number of aliphatic imine (C=N–C) groups is 1. The van der Waals surface area contributed by atoms with Gasteiger partial charge < -0.3 is 9.84 Å². The Kier molecular flexibility index (Phi) is 5.69. The predicted molar refractivity (Wildman–Crippen MR) is 91.7 cm³/mol. The second kappa shape index (κ2) is 7.94. The standard InChI is InChI=1S/C19H19NO3/c1-3-6-14-7-5-8-16(18(14)21)13-20-17-11-9-15(10-12-17)19(22)23-4-2/h3,5,7-13,21H,1,4,6H2,2H3. The first-order chi connectivity index (χ1) is 11.2. The number of carbonyl (C=O) groups is 1. The van der Waals surface area contributed by atoms with Gasteiger partial charge in [-0.1, -0.05) is 18.2 Å². The zero-order valence-corrected chi connectivity index (χ0v) is 13.0. The number of carbonyl (C=O) groups excluding carboxylic acids is 1. The van der Waals surface area contributed by atoms with E-state index in [1.807, 2.05) is 12.1 Å². The van der Waals surface area contributed by atoms with Crippen molar-refractivity contribution in [2.24, 2.45) is 4.99 Å². The molecule has 2 rings (SSSR count). The molecule has 2 aromatic carbocycles. The quantitative estimate of drug-likeness (QED) is 0.497. The zero-order chi connectivity index (χ0) is 16.7. The number of hydrogen-bond acceptors (Lipinski definition) is 4. The fourth-order valence-electron chi connectivity index (χ4n) is 2.08. The summed E-state index contributed by atoms with van der Waals surface area (Å²) < 4.78 is 4.93. The highest BCUT2D eigenvalue weighted by Gasteiger charge is 2.06. The van der Waals surface area contributed by atoms with Crippen molar-refractivity contribution in [2.45, 2.75) is 13.3 Å². The fraction of sp³-hybridized carbons (Fsp3) is 0.158. The van der Waals surface area contributed by atoms with Crippen molar-refractivity contribution in [3.05, 3.63) is 71.8 Å². The Morgan fingerprint density at radius 1 is 1.26 bits per heavy atom. The maximum atomic E-state index is 11.6. The summed E-state index contributed by atoms with van der Waals surface area (Å²) in [5, 5.41) is 10.2. The van der Waals surface area contributed by atoms with Crippen LogP contribution in [0.2, 0.25) is 0 Å². The highest BCUT2D eigenvalue weighted by atomic mass is 16.5. The average molecular weight is 309 g/mol. The summed E-state index contributed by atoms with van der Waals surface area (Å²) in [5.41, 5.74) is 2.62. The van der Waals surface area contributed by atoms with E-state index in [4.69, 9.17) is 4.74 Å². The Balaban J connectivity index is 2.16. The molecule has 2 aromatic rings. The van der Waals surface area contributed by atoms with Gasteiger partial charge in [0.15, 0.2) is 0 Å². The van der Waals surface area contributed by atoms with Crippen LogP contribution in [0.5, 0.6) is 5.75 Å². The van der Waals surface area contributed by atoms with Gasteiger partial charge in [-0.15, -0.1) is 6.58 Å². The molecule has 0 radical (unpaired) electrons. The van der Waals surface area contributed by atoms with Crippen LogP contribution in [0.4, 0.5) is 5.69 Å². The molecule has 118 valence electrons. The van der Waals surface area contributed by atoms with Crippen LogP contribution < -0.4 is 0 Å². The van der Waals surface area contributed by atoms with Crippen molar-refractivity contribution < 1.29 is 14.6 Å². The first-order valence-corrected chi connectivity index (χ1v) is 7.38. The number of ether oxygens (including phenoxy) is 1. The Hall–Kier alpha value is -2.88. The van der Waals surface area contributed by atoms with Crippen molar-refractivity contribution in [1.82, 2.24) is 0 Å². The van der Waals surface area contributed by atoms with Crippen LogP contribution in [0.25, 0.3) is 0 Å². The lowest BCUT2D eigenvalue weighted by Crippen LogP contribution is -2.03. The number of benzene rings is 2. The highest BCUT2D eigenvalue weighted by molar-refractivity contribution is 5.90. The molecule has 4 nitrogen and oxygen atoms in total. The van der Waals surface area contributed by atoms with Gasteiger partial charge in [0, 0.05) is 11.8 Å². The van der Waals surface area contributed by atoms with Gasteiger partial charge in [0.2, 0.25) is 0 Å². The summed E-state index contributed by atoms with van der Waals surface area (Å²) in [5.74, 6) is -0.142. The monoisotopic (exact) mass is 309 g/mol. The molecule has 0 heterocycles. The van der Waals surface area contributed by atoms with Crippen LogP contribution in [0.3, 0.4) is 0 Å². The number of hydrogen-bond donors (Lipinski definition) is 1. The van der Waals surface area contributed by atoms with E-state index in [9.17, 15) is 9.90 Å². The molecule has 0 saturated carbocycles. The molecule has 0 aliphatic rings. The van der Waals surface area contributed by atoms with Crippen LogP contribution in [0.15, 0.2) is 60.1 Å². The van der Waals surface area contributed by atoms with E-state index in [0.717, 1.165) is 5.56 Å². The van der Waals surface area contributed by atoms with Crippen molar-refractivity contribution in [2.75, 3.05) is 6.61 Å². The van der Waals surface area contributed by atoms with Crippen LogP contribution in [0.1, 0.15) is 28.4 Å². The molecule has 0 fully saturated rings. The predicted octanol–water partition coefficient (Wildman–Crippen LogP) is 4.05. The van der Waals surface area contributed by atoms with Crippen LogP contribution in [0, 0.1) is 0 Å². The fourth-order valence-corrected chi connectivity index (χ4v) is 2.08. The number of nitrogens with zero attached hydrogens (tertiary/aromatic N) is 1. The van der Waals surface area contributed by atoms with E-state index in [1.165, 1.54) is 0 Å². The number of phenols is 1. The molecule has 0 amide bonds. The molecular formula is C19H19NO3. The summed E-state index contributed by atoms with van der Waals surface area (Å²) in [6.45, 7) is 5.79. The normalized spacial score (nSPS) is 10.7. The maximum absolute atomic E-state index is 11.6. The Morgan fingerprint density at radius 2 is 2.00 bits per heavy atom. The number of aromatic hydroxyl groups is 1. The minimum Gasteiger partial charge on any atom is -0.507 e. The lowest BCUT2D eigenvalue weighted by atomic mass is 10.1. The molecule has 0 saturated heterocycles. The summed E-state index contributed by atoms with van der Waals surface area (Å²) in [7, 11) is 0. The van der Waals surface area contributed by atoms with Gasteiger partial charge in [-0.3, -0.25) is 4.99 Å². The van der Waals surface area contributed by atoms with Gasteiger partial charge in [0.25, 0.3) is 0 Å². The van der Waals surface area contributed by atoms with E-state index in [-0.39, 0.29) is 11.7 Å². The second-order valence-electron chi connectivity index (χ2n) is 4.87. The second-order valence-corrected chi connectivity index (χ2v) is 4.87. The molecule has 4 heteroatoms. The van der Waals surface area contributed by atoms with E-state index in [1.54, 1.807) is 49.5 Å². The van der Waals surface area contributed by atoms with Gasteiger partial charge in [-0.25, -0.2) is 4.79 Å². The van der Waals surface area contributed by atoms with E-state index >= 15 is 0 Å². The van der Waals surface area contributed by atoms with Crippen LogP contribution in [-0.2, 0) is 11.2 Å². The SMILES string of the molecule is C=CCc1cccc(C=Nc2ccc(C(=O)OCC)cc2)c1O. The first kappa shape index (κ1) is 16.5. The summed E-state index contributed by atoms with van der Waals surface area (Å²) in [4.78, 5) is 15.9. The largest absolute Gasteiger partial charge is 0.507 e.